The van der Waals surface area contributed by atoms with E-state index in [1.807, 2.05) is 13.8 Å². The smallest absolute Gasteiger partial charge is 0.216 e. The lowest BCUT2D eigenvalue weighted by Gasteiger charge is -2.16. The molecule has 1 aromatic heterocycles. The first kappa shape index (κ1) is 13.7. The van der Waals surface area contributed by atoms with Crippen LogP contribution < -0.4 is 5.32 Å². The molecule has 0 aliphatic carbocycles. The summed E-state index contributed by atoms with van der Waals surface area (Å²) in [5.74, 6) is -0.242. The van der Waals surface area contributed by atoms with Crippen LogP contribution in [0.3, 0.4) is 0 Å². The van der Waals surface area contributed by atoms with Crippen LogP contribution in [0, 0.1) is 0 Å². The first-order valence-corrected chi connectivity index (χ1v) is 5.56. The lowest BCUT2D eigenvalue weighted by Crippen LogP contribution is -2.34. The molecule has 1 rings (SSSR count). The summed E-state index contributed by atoms with van der Waals surface area (Å²) >= 11 is 0. The monoisotopic (exact) mass is 241 g/mol. The van der Waals surface area contributed by atoms with Gasteiger partial charge in [-0.2, -0.15) is 5.10 Å². The number of aromatic nitrogens is 2. The van der Waals surface area contributed by atoms with E-state index in [-0.39, 0.29) is 18.5 Å². The predicted molar refractivity (Wildman–Crippen MR) is 62.3 cm³/mol. The number of aliphatic hydroxyl groups is 2. The second-order valence-corrected chi connectivity index (χ2v) is 4.30. The molecule has 1 heterocycles. The number of hydrogen-bond acceptors (Lipinski definition) is 4. The Bertz CT molecular complexity index is 376. The highest BCUT2D eigenvalue weighted by Gasteiger charge is 2.20. The van der Waals surface area contributed by atoms with Gasteiger partial charge >= 0.3 is 0 Å². The Morgan fingerprint density at radius 1 is 1.53 bits per heavy atom. The van der Waals surface area contributed by atoms with E-state index in [1.54, 1.807) is 10.9 Å². The van der Waals surface area contributed by atoms with E-state index in [9.17, 15) is 15.0 Å². The second-order valence-electron chi connectivity index (χ2n) is 4.30. The maximum atomic E-state index is 10.7. The normalized spacial score (nSPS) is 14.7. The van der Waals surface area contributed by atoms with Crippen LogP contribution in [-0.4, -0.2) is 38.5 Å². The minimum Gasteiger partial charge on any atom is -0.388 e. The van der Waals surface area contributed by atoms with Crippen molar-refractivity contribution in [2.24, 2.45) is 0 Å². The highest BCUT2D eigenvalue weighted by atomic mass is 16.3. The molecule has 0 bridgehead atoms. The van der Waals surface area contributed by atoms with Crippen LogP contribution in [0.15, 0.2) is 12.4 Å². The van der Waals surface area contributed by atoms with E-state index in [2.05, 4.69) is 10.4 Å². The molecular formula is C11H19N3O3. The number of nitrogens with zero attached hydrogens (tertiary/aromatic N) is 2. The van der Waals surface area contributed by atoms with E-state index in [0.717, 1.165) is 0 Å². The maximum absolute atomic E-state index is 10.7. The Labute approximate surface area is 100 Å². The third-order valence-electron chi connectivity index (χ3n) is 2.42. The van der Waals surface area contributed by atoms with E-state index >= 15 is 0 Å². The van der Waals surface area contributed by atoms with Crippen molar-refractivity contribution in [1.82, 2.24) is 15.1 Å². The fraction of sp³-hybridized carbons (Fsp3) is 0.636. The third-order valence-corrected chi connectivity index (χ3v) is 2.42. The van der Waals surface area contributed by atoms with E-state index in [4.69, 9.17) is 0 Å². The highest BCUT2D eigenvalue weighted by molar-refractivity contribution is 5.72. The molecule has 0 radical (unpaired) electrons. The Morgan fingerprint density at radius 2 is 2.18 bits per heavy atom. The van der Waals surface area contributed by atoms with E-state index < -0.39 is 12.2 Å². The Morgan fingerprint density at radius 3 is 2.65 bits per heavy atom. The number of aliphatic hydroxyl groups excluding tert-OH is 2. The molecule has 0 saturated heterocycles. The lowest BCUT2D eigenvalue weighted by molar-refractivity contribution is -0.119. The van der Waals surface area contributed by atoms with Gasteiger partial charge < -0.3 is 15.5 Å². The predicted octanol–water partition coefficient (Wildman–Crippen LogP) is -0.00560. The average Bonchev–Trinajstić information content (AvgIpc) is 2.73. The molecule has 0 saturated carbocycles. The topological polar surface area (TPSA) is 87.4 Å². The number of hydrogen-bond donors (Lipinski definition) is 3. The zero-order valence-corrected chi connectivity index (χ0v) is 10.3. The van der Waals surface area contributed by atoms with Crippen molar-refractivity contribution < 1.29 is 15.0 Å². The van der Waals surface area contributed by atoms with Crippen LogP contribution in [0.5, 0.6) is 0 Å². The first-order valence-electron chi connectivity index (χ1n) is 5.56. The molecule has 17 heavy (non-hydrogen) atoms. The number of rotatable bonds is 5. The molecule has 2 unspecified atom stereocenters. The van der Waals surface area contributed by atoms with Crippen molar-refractivity contribution in [1.29, 1.82) is 0 Å². The maximum Gasteiger partial charge on any atom is 0.216 e. The van der Waals surface area contributed by atoms with Crippen LogP contribution >= 0.6 is 0 Å². The summed E-state index contributed by atoms with van der Waals surface area (Å²) in [6.07, 6.45) is 1.12. The van der Waals surface area contributed by atoms with Gasteiger partial charge in [-0.05, 0) is 13.8 Å². The zero-order chi connectivity index (χ0) is 13.0. The summed E-state index contributed by atoms with van der Waals surface area (Å²) in [6, 6.07) is 0.198. The molecule has 2 atom stereocenters. The molecule has 0 aromatic carbocycles. The summed E-state index contributed by atoms with van der Waals surface area (Å²) in [6.45, 7) is 5.31. The summed E-state index contributed by atoms with van der Waals surface area (Å²) in [4.78, 5) is 10.7. The highest BCUT2D eigenvalue weighted by Crippen LogP contribution is 2.17. The molecule has 3 N–H and O–H groups in total. The van der Waals surface area contributed by atoms with Gasteiger partial charge in [0.1, 0.15) is 12.2 Å². The number of carbonyl (C=O) groups is 1. The fourth-order valence-corrected chi connectivity index (χ4v) is 1.37. The molecule has 96 valence electrons. The van der Waals surface area contributed by atoms with E-state index in [0.29, 0.717) is 5.56 Å². The summed E-state index contributed by atoms with van der Waals surface area (Å²) in [5, 5.41) is 26.0. The molecule has 1 aromatic rings. The van der Waals surface area contributed by atoms with Crippen LogP contribution in [0.25, 0.3) is 0 Å². The second kappa shape index (κ2) is 5.79. The summed E-state index contributed by atoms with van der Waals surface area (Å²) in [5.41, 5.74) is 0.538. The molecule has 0 aliphatic heterocycles. The van der Waals surface area contributed by atoms with Gasteiger partial charge in [0, 0.05) is 31.3 Å². The van der Waals surface area contributed by atoms with Gasteiger partial charge in [-0.1, -0.05) is 0 Å². The average molecular weight is 241 g/mol. The van der Waals surface area contributed by atoms with Gasteiger partial charge in [0.2, 0.25) is 5.91 Å². The van der Waals surface area contributed by atoms with Crippen LogP contribution in [0.4, 0.5) is 0 Å². The van der Waals surface area contributed by atoms with Crippen molar-refractivity contribution in [3.05, 3.63) is 18.0 Å². The first-order chi connectivity index (χ1) is 7.91. The molecule has 6 nitrogen and oxygen atoms in total. The van der Waals surface area contributed by atoms with Crippen LogP contribution in [0.1, 0.15) is 38.5 Å². The molecule has 0 fully saturated rings. The molecule has 1 amide bonds. The third kappa shape index (κ3) is 3.83. The van der Waals surface area contributed by atoms with E-state index in [1.165, 1.54) is 13.1 Å². The minimum atomic E-state index is -1.05. The van der Waals surface area contributed by atoms with Crippen LogP contribution in [0.2, 0.25) is 0 Å². The molecule has 6 heteroatoms. The van der Waals surface area contributed by atoms with Crippen molar-refractivity contribution >= 4 is 5.91 Å². The number of carbonyl (C=O) groups excluding carboxylic acids is 1. The van der Waals surface area contributed by atoms with Gasteiger partial charge in [0.05, 0.1) is 6.20 Å². The molecular weight excluding hydrogens is 222 g/mol. The van der Waals surface area contributed by atoms with Gasteiger partial charge in [-0.25, -0.2) is 0 Å². The Kier molecular flexibility index (Phi) is 4.65. The van der Waals surface area contributed by atoms with Gasteiger partial charge in [0.25, 0.3) is 0 Å². The van der Waals surface area contributed by atoms with Crippen molar-refractivity contribution in [3.8, 4) is 0 Å². The largest absolute Gasteiger partial charge is 0.388 e. The van der Waals surface area contributed by atoms with Gasteiger partial charge in [0.15, 0.2) is 0 Å². The Hall–Kier alpha value is -1.40. The van der Waals surface area contributed by atoms with Gasteiger partial charge in [-0.15, -0.1) is 0 Å². The molecule has 0 aliphatic rings. The lowest BCUT2D eigenvalue weighted by atomic mass is 10.1. The standard InChI is InChI=1S/C11H19N3O3/c1-7(2)14-6-9(4-13-14)11(17)10(16)5-12-8(3)15/h4,6-7,10-11,16-17H,5H2,1-3H3,(H,12,15). The van der Waals surface area contributed by atoms with Crippen molar-refractivity contribution in [2.75, 3.05) is 6.54 Å². The van der Waals surface area contributed by atoms with Gasteiger partial charge in [-0.3, -0.25) is 9.48 Å². The minimum absolute atomic E-state index is 0.0172. The fourth-order valence-electron chi connectivity index (χ4n) is 1.37. The van der Waals surface area contributed by atoms with Crippen molar-refractivity contribution in [3.63, 3.8) is 0 Å². The van der Waals surface area contributed by atoms with Crippen molar-refractivity contribution in [2.45, 2.75) is 39.0 Å². The summed E-state index contributed by atoms with van der Waals surface area (Å²) < 4.78 is 1.70. The van der Waals surface area contributed by atoms with Crippen LogP contribution in [-0.2, 0) is 4.79 Å². The summed E-state index contributed by atoms with van der Waals surface area (Å²) in [7, 11) is 0. The Balaban J connectivity index is 2.61. The zero-order valence-electron chi connectivity index (χ0n) is 10.3. The quantitative estimate of drug-likeness (QED) is 0.677. The molecule has 0 spiro atoms. The number of amides is 1. The SMILES string of the molecule is CC(=O)NCC(O)C(O)c1cnn(C(C)C)c1. The number of nitrogens with one attached hydrogen (secondary N) is 1.